The van der Waals surface area contributed by atoms with E-state index in [0.29, 0.717) is 23.8 Å². The molecule has 0 unspecified atom stereocenters. The highest BCUT2D eigenvalue weighted by Gasteiger charge is 2.32. The maximum atomic E-state index is 12.2. The lowest BCUT2D eigenvalue weighted by Gasteiger charge is -2.35. The Labute approximate surface area is 122 Å². The molecule has 0 saturated carbocycles. The predicted molar refractivity (Wildman–Crippen MR) is 74.8 cm³/mol. The number of carbonyl (C=O) groups is 2. The first-order valence-electron chi connectivity index (χ1n) is 6.83. The summed E-state index contributed by atoms with van der Waals surface area (Å²) in [6, 6.07) is 1.91. The van der Waals surface area contributed by atoms with Crippen LogP contribution in [-0.2, 0) is 0 Å². The summed E-state index contributed by atoms with van der Waals surface area (Å²) in [7, 11) is 0. The lowest BCUT2D eigenvalue weighted by Crippen LogP contribution is -2.47. The number of piperidine rings is 1. The first-order chi connectivity index (χ1) is 9.65. The number of likely N-dealkylation sites (tertiary alicyclic amines) is 1. The number of amides is 3. The molecule has 6 nitrogen and oxygen atoms in total. The summed E-state index contributed by atoms with van der Waals surface area (Å²) in [6.45, 7) is 2.83. The number of rotatable bonds is 2. The number of nitrogens with one attached hydrogen (secondary N) is 2. The van der Waals surface area contributed by atoms with Crippen molar-refractivity contribution < 1.29 is 9.59 Å². The van der Waals surface area contributed by atoms with Crippen LogP contribution in [0.25, 0.3) is 0 Å². The number of H-pyrrole nitrogens is 1. The van der Waals surface area contributed by atoms with Crippen LogP contribution in [0.15, 0.2) is 12.3 Å². The van der Waals surface area contributed by atoms with E-state index >= 15 is 0 Å². The van der Waals surface area contributed by atoms with Crippen molar-refractivity contribution in [3.63, 3.8) is 0 Å². The van der Waals surface area contributed by atoms with Crippen LogP contribution >= 0.6 is 11.6 Å². The van der Waals surface area contributed by atoms with E-state index in [0.717, 1.165) is 25.9 Å². The van der Waals surface area contributed by atoms with Gasteiger partial charge in [-0.05, 0) is 18.9 Å². The summed E-state index contributed by atoms with van der Waals surface area (Å²) in [5.74, 6) is -0.0266. The maximum absolute atomic E-state index is 12.2. The highest BCUT2D eigenvalue weighted by Crippen LogP contribution is 2.20. The molecule has 0 aromatic carbocycles. The third kappa shape index (κ3) is 2.47. The number of hydrogen-bond donors (Lipinski definition) is 2. The minimum Gasteiger partial charge on any atom is -0.356 e. The van der Waals surface area contributed by atoms with Crippen LogP contribution < -0.4 is 5.32 Å². The zero-order valence-corrected chi connectivity index (χ0v) is 11.8. The van der Waals surface area contributed by atoms with Gasteiger partial charge in [-0.3, -0.25) is 4.79 Å². The van der Waals surface area contributed by atoms with E-state index in [4.69, 9.17) is 11.6 Å². The molecule has 1 aromatic rings. The highest BCUT2D eigenvalue weighted by atomic mass is 35.5. The maximum Gasteiger partial charge on any atom is 0.317 e. The monoisotopic (exact) mass is 296 g/mol. The highest BCUT2D eigenvalue weighted by molar-refractivity contribution is 6.30. The largest absolute Gasteiger partial charge is 0.356 e. The van der Waals surface area contributed by atoms with Crippen molar-refractivity contribution in [3.8, 4) is 0 Å². The number of aromatic amines is 1. The number of hydrogen-bond acceptors (Lipinski definition) is 2. The summed E-state index contributed by atoms with van der Waals surface area (Å²) < 4.78 is 0. The molecule has 2 aliphatic heterocycles. The molecule has 3 rings (SSSR count). The molecule has 2 fully saturated rings. The molecule has 3 amide bonds. The molecule has 0 aliphatic carbocycles. The Bertz CT molecular complexity index is 522. The Morgan fingerprint density at radius 2 is 2.05 bits per heavy atom. The number of urea groups is 1. The van der Waals surface area contributed by atoms with Crippen LogP contribution in [0.4, 0.5) is 4.79 Å². The number of aromatic nitrogens is 1. The van der Waals surface area contributed by atoms with Crippen molar-refractivity contribution in [3.05, 3.63) is 23.0 Å². The fourth-order valence-corrected chi connectivity index (χ4v) is 3.04. The van der Waals surface area contributed by atoms with Gasteiger partial charge in [0.25, 0.3) is 5.91 Å². The van der Waals surface area contributed by atoms with Crippen LogP contribution in [-0.4, -0.2) is 58.9 Å². The zero-order valence-electron chi connectivity index (χ0n) is 11.1. The average molecular weight is 297 g/mol. The third-order valence-electron chi connectivity index (χ3n) is 3.96. The third-order valence-corrected chi connectivity index (χ3v) is 4.18. The number of carbonyl (C=O) groups excluding carboxylic acids is 2. The molecule has 2 saturated heterocycles. The second kappa shape index (κ2) is 5.36. The van der Waals surface area contributed by atoms with Gasteiger partial charge in [0.1, 0.15) is 5.69 Å². The summed E-state index contributed by atoms with van der Waals surface area (Å²) in [5, 5.41) is 3.36. The van der Waals surface area contributed by atoms with E-state index in [1.807, 2.05) is 9.80 Å². The first kappa shape index (κ1) is 13.3. The second-order valence-corrected chi connectivity index (χ2v) is 5.62. The molecule has 20 heavy (non-hydrogen) atoms. The van der Waals surface area contributed by atoms with Crippen molar-refractivity contribution >= 4 is 23.5 Å². The van der Waals surface area contributed by atoms with Crippen molar-refractivity contribution in [1.29, 1.82) is 0 Å². The summed E-state index contributed by atoms with van der Waals surface area (Å²) in [6.07, 6.45) is 3.26. The second-order valence-electron chi connectivity index (χ2n) is 5.18. The van der Waals surface area contributed by atoms with Crippen LogP contribution in [0.1, 0.15) is 23.3 Å². The van der Waals surface area contributed by atoms with E-state index in [2.05, 4.69) is 10.3 Å². The van der Waals surface area contributed by atoms with E-state index in [9.17, 15) is 9.59 Å². The molecule has 108 valence electrons. The van der Waals surface area contributed by atoms with Gasteiger partial charge in [-0.1, -0.05) is 11.6 Å². The smallest absolute Gasteiger partial charge is 0.317 e. The first-order valence-corrected chi connectivity index (χ1v) is 7.20. The van der Waals surface area contributed by atoms with Gasteiger partial charge in [0.05, 0.1) is 5.02 Å². The molecule has 2 aliphatic rings. The minimum atomic E-state index is -0.0266. The molecule has 0 atom stereocenters. The quantitative estimate of drug-likeness (QED) is 0.864. The summed E-state index contributed by atoms with van der Waals surface area (Å²) in [5.41, 5.74) is 0.521. The van der Waals surface area contributed by atoms with Crippen molar-refractivity contribution in [2.75, 3.05) is 26.2 Å². The van der Waals surface area contributed by atoms with Crippen molar-refractivity contribution in [1.82, 2.24) is 20.1 Å². The Balaban J connectivity index is 1.58. The van der Waals surface area contributed by atoms with Crippen molar-refractivity contribution in [2.24, 2.45) is 0 Å². The lowest BCUT2D eigenvalue weighted by atomic mass is 10.0. The lowest BCUT2D eigenvalue weighted by molar-refractivity contribution is 0.0661. The van der Waals surface area contributed by atoms with E-state index in [-0.39, 0.29) is 18.0 Å². The van der Waals surface area contributed by atoms with Gasteiger partial charge in [0.2, 0.25) is 0 Å². The van der Waals surface area contributed by atoms with Gasteiger partial charge in [0.15, 0.2) is 0 Å². The molecule has 0 bridgehead atoms. The summed E-state index contributed by atoms with van der Waals surface area (Å²) in [4.78, 5) is 30.4. The van der Waals surface area contributed by atoms with Crippen molar-refractivity contribution in [2.45, 2.75) is 18.9 Å². The van der Waals surface area contributed by atoms with Gasteiger partial charge in [0, 0.05) is 38.4 Å². The van der Waals surface area contributed by atoms with Crippen LogP contribution in [0.3, 0.4) is 0 Å². The molecule has 3 heterocycles. The SMILES string of the molecule is O=C(c1cc(Cl)c[nH]1)N1CCC(N2CCNC2=O)CC1. The van der Waals surface area contributed by atoms with Crippen LogP contribution in [0, 0.1) is 0 Å². The van der Waals surface area contributed by atoms with Gasteiger partial charge in [-0.25, -0.2) is 4.79 Å². The van der Waals surface area contributed by atoms with Gasteiger partial charge in [-0.2, -0.15) is 0 Å². The molecular weight excluding hydrogens is 280 g/mol. The Kier molecular flexibility index (Phi) is 3.56. The Hall–Kier alpha value is -1.69. The number of nitrogens with zero attached hydrogens (tertiary/aromatic N) is 2. The van der Waals surface area contributed by atoms with Gasteiger partial charge >= 0.3 is 6.03 Å². The normalized spacial score (nSPS) is 20.4. The van der Waals surface area contributed by atoms with E-state index < -0.39 is 0 Å². The summed E-state index contributed by atoms with van der Waals surface area (Å²) >= 11 is 5.82. The molecule has 1 aromatic heterocycles. The fraction of sp³-hybridized carbons (Fsp3) is 0.538. The van der Waals surface area contributed by atoms with Crippen LogP contribution in [0.2, 0.25) is 5.02 Å². The Morgan fingerprint density at radius 1 is 1.30 bits per heavy atom. The minimum absolute atomic E-state index is 0.0194. The molecule has 0 radical (unpaired) electrons. The molecule has 7 heteroatoms. The predicted octanol–water partition coefficient (Wildman–Crippen LogP) is 1.30. The molecule has 0 spiro atoms. The topological polar surface area (TPSA) is 68.4 Å². The molecular formula is C13H17ClN4O2. The molecule has 2 N–H and O–H groups in total. The van der Waals surface area contributed by atoms with Gasteiger partial charge < -0.3 is 20.1 Å². The van der Waals surface area contributed by atoms with E-state index in [1.165, 1.54) is 0 Å². The standard InChI is InChI=1S/C13H17ClN4O2/c14-9-7-11(16-8-9)12(19)17-4-1-10(2-5-17)18-6-3-15-13(18)20/h7-8,10,16H,1-6H2,(H,15,20). The van der Waals surface area contributed by atoms with Gasteiger partial charge in [-0.15, -0.1) is 0 Å². The fourth-order valence-electron chi connectivity index (χ4n) is 2.88. The zero-order chi connectivity index (χ0) is 14.1. The van der Waals surface area contributed by atoms with Crippen LogP contribution in [0.5, 0.6) is 0 Å². The Morgan fingerprint density at radius 3 is 2.60 bits per heavy atom. The van der Waals surface area contributed by atoms with E-state index in [1.54, 1.807) is 12.3 Å². The number of halogens is 1. The average Bonchev–Trinajstić information content (AvgIpc) is 3.07.